The first-order valence-corrected chi connectivity index (χ1v) is 5.90. The molecule has 1 heterocycles. The molecule has 0 radical (unpaired) electrons. The predicted octanol–water partition coefficient (Wildman–Crippen LogP) is 2.73. The molecule has 0 bridgehead atoms. The summed E-state index contributed by atoms with van der Waals surface area (Å²) < 4.78 is 6.03. The Kier molecular flexibility index (Phi) is 4.15. The van der Waals surface area contributed by atoms with Crippen molar-refractivity contribution in [3.63, 3.8) is 0 Å². The van der Waals surface area contributed by atoms with Crippen molar-refractivity contribution < 1.29 is 14.3 Å². The second-order valence-electron chi connectivity index (χ2n) is 4.08. The number of aliphatic carboxylic acids is 1. The molecule has 1 N–H and O–H groups in total. The van der Waals surface area contributed by atoms with Gasteiger partial charge >= 0.3 is 5.97 Å². The van der Waals surface area contributed by atoms with E-state index in [4.69, 9.17) is 9.52 Å². The van der Waals surface area contributed by atoms with Crippen molar-refractivity contribution in [1.29, 1.82) is 0 Å². The maximum absolute atomic E-state index is 11.1. The molecular formula is C11H16BrNO3. The standard InChI is InChI=1S/C11H16BrNO3/c1-4-13(11(2,3)10(14)15)7-8-5-6-9(12)16-8/h5-6H,4,7H2,1-3H3,(H,14,15). The minimum absolute atomic E-state index is 0.488. The van der Waals surface area contributed by atoms with Crippen LogP contribution in [0.3, 0.4) is 0 Å². The molecule has 0 unspecified atom stereocenters. The highest BCUT2D eigenvalue weighted by Crippen LogP contribution is 2.21. The lowest BCUT2D eigenvalue weighted by molar-refractivity contribution is -0.149. The van der Waals surface area contributed by atoms with Gasteiger partial charge in [-0.3, -0.25) is 9.69 Å². The van der Waals surface area contributed by atoms with Gasteiger partial charge in [0.2, 0.25) is 0 Å². The Hall–Kier alpha value is -0.810. The van der Waals surface area contributed by atoms with Gasteiger partial charge in [0.1, 0.15) is 11.3 Å². The van der Waals surface area contributed by atoms with Crippen molar-refractivity contribution in [3.8, 4) is 0 Å². The Bertz CT molecular complexity index is 373. The molecule has 0 spiro atoms. The molecule has 16 heavy (non-hydrogen) atoms. The Morgan fingerprint density at radius 3 is 2.56 bits per heavy atom. The minimum Gasteiger partial charge on any atom is -0.480 e. The zero-order chi connectivity index (χ0) is 12.3. The van der Waals surface area contributed by atoms with Crippen LogP contribution in [0, 0.1) is 0 Å². The summed E-state index contributed by atoms with van der Waals surface area (Å²) in [7, 11) is 0. The van der Waals surface area contributed by atoms with E-state index in [2.05, 4.69) is 15.9 Å². The normalized spacial score (nSPS) is 12.1. The van der Waals surface area contributed by atoms with Crippen molar-refractivity contribution >= 4 is 21.9 Å². The fraction of sp³-hybridized carbons (Fsp3) is 0.545. The van der Waals surface area contributed by atoms with Gasteiger partial charge < -0.3 is 9.52 Å². The maximum atomic E-state index is 11.1. The van der Waals surface area contributed by atoms with E-state index in [-0.39, 0.29) is 0 Å². The van der Waals surface area contributed by atoms with Crippen molar-refractivity contribution in [2.24, 2.45) is 0 Å². The van der Waals surface area contributed by atoms with Gasteiger partial charge in [-0.2, -0.15) is 0 Å². The number of rotatable bonds is 5. The molecule has 5 heteroatoms. The van der Waals surface area contributed by atoms with Crippen LogP contribution in [-0.4, -0.2) is 28.1 Å². The fourth-order valence-corrected chi connectivity index (χ4v) is 1.80. The number of halogens is 1. The molecule has 4 nitrogen and oxygen atoms in total. The molecule has 0 aliphatic carbocycles. The Labute approximate surface area is 103 Å². The van der Waals surface area contributed by atoms with E-state index in [9.17, 15) is 4.79 Å². The fourth-order valence-electron chi connectivity index (χ4n) is 1.46. The van der Waals surface area contributed by atoms with Crippen molar-refractivity contribution in [2.45, 2.75) is 32.9 Å². The van der Waals surface area contributed by atoms with Crippen LogP contribution >= 0.6 is 15.9 Å². The number of hydrogen-bond acceptors (Lipinski definition) is 3. The summed E-state index contributed by atoms with van der Waals surface area (Å²) in [5, 5.41) is 9.14. The van der Waals surface area contributed by atoms with Crippen LogP contribution < -0.4 is 0 Å². The topological polar surface area (TPSA) is 53.7 Å². The highest BCUT2D eigenvalue weighted by atomic mass is 79.9. The Balaban J connectivity index is 2.80. The predicted molar refractivity (Wildman–Crippen MR) is 64.2 cm³/mol. The van der Waals surface area contributed by atoms with E-state index in [1.165, 1.54) is 0 Å². The van der Waals surface area contributed by atoms with Crippen LogP contribution in [-0.2, 0) is 11.3 Å². The lowest BCUT2D eigenvalue weighted by atomic mass is 10.0. The Morgan fingerprint density at radius 2 is 2.19 bits per heavy atom. The molecule has 0 aliphatic rings. The molecule has 0 aliphatic heterocycles. The molecule has 0 amide bonds. The van der Waals surface area contributed by atoms with Crippen molar-refractivity contribution in [1.82, 2.24) is 4.90 Å². The third-order valence-electron chi connectivity index (χ3n) is 2.67. The smallest absolute Gasteiger partial charge is 0.323 e. The molecule has 0 fully saturated rings. The summed E-state index contributed by atoms with van der Waals surface area (Å²) in [4.78, 5) is 13.0. The SMILES string of the molecule is CCN(Cc1ccc(Br)o1)C(C)(C)C(=O)O. The minimum atomic E-state index is -0.895. The number of hydrogen-bond donors (Lipinski definition) is 1. The molecule has 90 valence electrons. The van der Waals surface area contributed by atoms with Crippen molar-refractivity contribution in [3.05, 3.63) is 22.6 Å². The molecule has 0 atom stereocenters. The van der Waals surface area contributed by atoms with E-state index < -0.39 is 11.5 Å². The lowest BCUT2D eigenvalue weighted by Gasteiger charge is -2.33. The summed E-state index contributed by atoms with van der Waals surface area (Å²) >= 11 is 3.22. The molecule has 1 rings (SSSR count). The van der Waals surface area contributed by atoms with Gasteiger partial charge in [-0.25, -0.2) is 0 Å². The summed E-state index contributed by atoms with van der Waals surface area (Å²) in [5.41, 5.74) is -0.895. The van der Waals surface area contributed by atoms with Gasteiger partial charge in [-0.15, -0.1) is 0 Å². The highest BCUT2D eigenvalue weighted by Gasteiger charge is 2.33. The maximum Gasteiger partial charge on any atom is 0.323 e. The van der Waals surface area contributed by atoms with E-state index in [1.54, 1.807) is 19.9 Å². The number of likely N-dealkylation sites (N-methyl/N-ethyl adjacent to an activating group) is 1. The average molecular weight is 290 g/mol. The summed E-state index contributed by atoms with van der Waals surface area (Å²) in [5.74, 6) is -0.0805. The van der Waals surface area contributed by atoms with E-state index >= 15 is 0 Å². The van der Waals surface area contributed by atoms with Gasteiger partial charge in [0.15, 0.2) is 4.67 Å². The highest BCUT2D eigenvalue weighted by molar-refractivity contribution is 9.10. The van der Waals surface area contributed by atoms with Gasteiger partial charge in [-0.05, 0) is 48.5 Å². The van der Waals surface area contributed by atoms with Crippen LogP contribution in [0.1, 0.15) is 26.5 Å². The van der Waals surface area contributed by atoms with Gasteiger partial charge in [0, 0.05) is 0 Å². The second kappa shape index (κ2) is 5.01. The third kappa shape index (κ3) is 2.86. The van der Waals surface area contributed by atoms with Crippen molar-refractivity contribution in [2.75, 3.05) is 6.54 Å². The van der Waals surface area contributed by atoms with Gasteiger partial charge in [0.05, 0.1) is 6.54 Å². The second-order valence-corrected chi connectivity index (χ2v) is 4.87. The first-order chi connectivity index (χ1) is 7.37. The number of furan rings is 1. The largest absolute Gasteiger partial charge is 0.480 e. The summed E-state index contributed by atoms with van der Waals surface area (Å²) in [6.07, 6.45) is 0. The van der Waals surface area contributed by atoms with E-state index in [0.29, 0.717) is 17.8 Å². The first kappa shape index (κ1) is 13.3. The first-order valence-electron chi connectivity index (χ1n) is 5.10. The zero-order valence-electron chi connectivity index (χ0n) is 9.66. The number of carbonyl (C=O) groups is 1. The monoisotopic (exact) mass is 289 g/mol. The number of carboxylic acids is 1. The van der Waals surface area contributed by atoms with E-state index in [1.807, 2.05) is 17.9 Å². The van der Waals surface area contributed by atoms with Gasteiger partial charge in [-0.1, -0.05) is 6.92 Å². The van der Waals surface area contributed by atoms with Crippen LogP contribution in [0.2, 0.25) is 0 Å². The number of carboxylic acid groups (broad SMARTS) is 1. The number of nitrogens with zero attached hydrogens (tertiary/aromatic N) is 1. The quantitative estimate of drug-likeness (QED) is 0.906. The molecule has 0 aromatic carbocycles. The van der Waals surface area contributed by atoms with Crippen LogP contribution in [0.25, 0.3) is 0 Å². The molecular weight excluding hydrogens is 274 g/mol. The van der Waals surface area contributed by atoms with Crippen LogP contribution in [0.15, 0.2) is 21.2 Å². The van der Waals surface area contributed by atoms with E-state index in [0.717, 1.165) is 5.76 Å². The summed E-state index contributed by atoms with van der Waals surface area (Å²) in [6.45, 7) is 6.45. The molecule has 1 aromatic heterocycles. The molecule has 0 saturated heterocycles. The lowest BCUT2D eigenvalue weighted by Crippen LogP contribution is -2.49. The third-order valence-corrected chi connectivity index (χ3v) is 3.10. The van der Waals surface area contributed by atoms with Crippen LogP contribution in [0.5, 0.6) is 0 Å². The average Bonchev–Trinajstić information content (AvgIpc) is 2.60. The summed E-state index contributed by atoms with van der Waals surface area (Å²) in [6, 6.07) is 3.64. The molecule has 1 aromatic rings. The van der Waals surface area contributed by atoms with Gasteiger partial charge in [0.25, 0.3) is 0 Å². The Morgan fingerprint density at radius 1 is 1.56 bits per heavy atom. The molecule has 0 saturated carbocycles. The van der Waals surface area contributed by atoms with Crippen LogP contribution in [0.4, 0.5) is 0 Å². The zero-order valence-corrected chi connectivity index (χ0v) is 11.2.